The summed E-state index contributed by atoms with van der Waals surface area (Å²) in [5.74, 6) is -0.413. The molecule has 0 atom stereocenters. The van der Waals surface area contributed by atoms with E-state index in [1.807, 2.05) is 12.1 Å². The van der Waals surface area contributed by atoms with Crippen LogP contribution in [0.25, 0.3) is 11.1 Å². The van der Waals surface area contributed by atoms with Gasteiger partial charge in [0.15, 0.2) is 5.58 Å². The lowest BCUT2D eigenvalue weighted by molar-refractivity contribution is 0.465. The third kappa shape index (κ3) is 1.30. The highest BCUT2D eigenvalue weighted by molar-refractivity contribution is 5.77. The van der Waals surface area contributed by atoms with Crippen molar-refractivity contribution in [2.45, 2.75) is 31.2 Å². The maximum absolute atomic E-state index is 11.2. The van der Waals surface area contributed by atoms with Crippen molar-refractivity contribution in [1.29, 1.82) is 0 Å². The van der Waals surface area contributed by atoms with E-state index in [-0.39, 0.29) is 5.54 Å². The second-order valence-electron chi connectivity index (χ2n) is 4.56. The number of aromatic amines is 1. The van der Waals surface area contributed by atoms with Gasteiger partial charge in [-0.15, -0.1) is 0 Å². The number of para-hydroxylation sites is 1. The molecule has 4 nitrogen and oxygen atoms in total. The molecule has 0 radical (unpaired) electrons. The van der Waals surface area contributed by atoms with E-state index in [0.29, 0.717) is 5.58 Å². The molecule has 0 amide bonds. The molecule has 0 spiro atoms. The minimum absolute atomic E-state index is 0.299. The smallest absolute Gasteiger partial charge is 0.408 e. The zero-order valence-electron chi connectivity index (χ0n) is 8.95. The molecule has 1 heterocycles. The summed E-state index contributed by atoms with van der Waals surface area (Å²) in [7, 11) is 0. The van der Waals surface area contributed by atoms with Crippen LogP contribution in [0.15, 0.2) is 27.4 Å². The summed E-state index contributed by atoms with van der Waals surface area (Å²) in [6.45, 7) is 0. The van der Waals surface area contributed by atoms with Crippen molar-refractivity contribution in [3.8, 4) is 0 Å². The number of oxazole rings is 1. The number of rotatable bonds is 1. The molecule has 16 heavy (non-hydrogen) atoms. The van der Waals surface area contributed by atoms with Gasteiger partial charge in [-0.3, -0.25) is 4.98 Å². The van der Waals surface area contributed by atoms with E-state index < -0.39 is 5.76 Å². The first kappa shape index (κ1) is 9.66. The van der Waals surface area contributed by atoms with Crippen molar-refractivity contribution in [2.75, 3.05) is 0 Å². The molecule has 3 rings (SSSR count). The molecule has 1 aliphatic rings. The molecule has 1 aromatic carbocycles. The fourth-order valence-corrected chi connectivity index (χ4v) is 2.66. The summed E-state index contributed by atoms with van der Waals surface area (Å²) in [6.07, 6.45) is 4.24. The molecule has 2 aromatic rings. The van der Waals surface area contributed by atoms with E-state index in [1.54, 1.807) is 6.07 Å². The second-order valence-corrected chi connectivity index (χ2v) is 4.56. The van der Waals surface area contributed by atoms with E-state index >= 15 is 0 Å². The summed E-state index contributed by atoms with van der Waals surface area (Å²) >= 11 is 0. The number of benzene rings is 1. The van der Waals surface area contributed by atoms with Crippen LogP contribution in [0.3, 0.4) is 0 Å². The molecule has 1 fully saturated rings. The summed E-state index contributed by atoms with van der Waals surface area (Å²) in [5.41, 5.74) is 8.46. The van der Waals surface area contributed by atoms with Crippen molar-refractivity contribution in [3.63, 3.8) is 0 Å². The van der Waals surface area contributed by atoms with Gasteiger partial charge < -0.3 is 10.2 Å². The summed E-state index contributed by atoms with van der Waals surface area (Å²) in [6, 6.07) is 5.66. The van der Waals surface area contributed by atoms with Crippen LogP contribution in [-0.4, -0.2) is 4.98 Å². The molecule has 84 valence electrons. The molecule has 0 unspecified atom stereocenters. The molecular weight excluding hydrogens is 204 g/mol. The van der Waals surface area contributed by atoms with Gasteiger partial charge in [0.05, 0.1) is 5.52 Å². The van der Waals surface area contributed by atoms with Gasteiger partial charge in [0.25, 0.3) is 0 Å². The van der Waals surface area contributed by atoms with E-state index in [2.05, 4.69) is 4.98 Å². The van der Waals surface area contributed by atoms with Gasteiger partial charge in [0, 0.05) is 5.54 Å². The molecule has 1 saturated carbocycles. The van der Waals surface area contributed by atoms with Gasteiger partial charge in [-0.25, -0.2) is 4.79 Å². The van der Waals surface area contributed by atoms with Gasteiger partial charge in [0.1, 0.15) is 0 Å². The maximum Gasteiger partial charge on any atom is 0.417 e. The van der Waals surface area contributed by atoms with Crippen LogP contribution in [0.5, 0.6) is 0 Å². The highest BCUT2D eigenvalue weighted by Gasteiger charge is 2.33. The fraction of sp³-hybridized carbons (Fsp3) is 0.417. The Morgan fingerprint density at radius 1 is 1.31 bits per heavy atom. The van der Waals surface area contributed by atoms with Crippen LogP contribution in [-0.2, 0) is 5.54 Å². The lowest BCUT2D eigenvalue weighted by Gasteiger charge is -2.24. The number of nitrogens with two attached hydrogens (primary N) is 1. The van der Waals surface area contributed by atoms with Gasteiger partial charge >= 0.3 is 5.76 Å². The van der Waals surface area contributed by atoms with Crippen molar-refractivity contribution in [2.24, 2.45) is 5.73 Å². The Morgan fingerprint density at radius 2 is 2.06 bits per heavy atom. The number of hydrogen-bond acceptors (Lipinski definition) is 3. The molecule has 1 aromatic heterocycles. The van der Waals surface area contributed by atoms with Crippen LogP contribution in [0, 0.1) is 0 Å². The van der Waals surface area contributed by atoms with Gasteiger partial charge in [-0.1, -0.05) is 25.0 Å². The highest BCUT2D eigenvalue weighted by Crippen LogP contribution is 2.38. The fourth-order valence-electron chi connectivity index (χ4n) is 2.66. The van der Waals surface area contributed by atoms with E-state index in [1.165, 1.54) is 0 Å². The maximum atomic E-state index is 11.2. The van der Waals surface area contributed by atoms with Crippen LogP contribution in [0.2, 0.25) is 0 Å². The Labute approximate surface area is 92.4 Å². The van der Waals surface area contributed by atoms with Crippen molar-refractivity contribution in [1.82, 2.24) is 4.98 Å². The van der Waals surface area contributed by atoms with Crippen LogP contribution in [0.1, 0.15) is 31.2 Å². The molecule has 0 aliphatic heterocycles. The predicted octanol–water partition coefficient (Wildman–Crippen LogP) is 1.85. The lowest BCUT2D eigenvalue weighted by atomic mass is 9.88. The van der Waals surface area contributed by atoms with Crippen LogP contribution >= 0.6 is 0 Å². The van der Waals surface area contributed by atoms with Gasteiger partial charge in [0.2, 0.25) is 0 Å². The number of fused-ring (bicyclic) bond motifs is 1. The minimum atomic E-state index is -0.413. The first-order valence-corrected chi connectivity index (χ1v) is 5.60. The normalized spacial score (nSPS) is 19.3. The summed E-state index contributed by atoms with van der Waals surface area (Å²) in [5, 5.41) is 0. The standard InChI is InChI=1S/C12H14N2O2/c13-12(6-1-2-7-12)8-4-3-5-9-10(8)14-11(15)16-9/h3-5H,1-2,6-7,13H2,(H,14,15). The van der Waals surface area contributed by atoms with Crippen LogP contribution in [0.4, 0.5) is 0 Å². The molecule has 4 heteroatoms. The first-order valence-electron chi connectivity index (χ1n) is 5.60. The van der Waals surface area contributed by atoms with E-state index in [0.717, 1.165) is 36.8 Å². The Hall–Kier alpha value is -1.55. The Balaban J connectivity index is 2.26. The van der Waals surface area contributed by atoms with E-state index in [9.17, 15) is 4.79 Å². The lowest BCUT2D eigenvalue weighted by Crippen LogP contribution is -2.33. The summed E-state index contributed by atoms with van der Waals surface area (Å²) < 4.78 is 5.05. The topological polar surface area (TPSA) is 72.0 Å². The summed E-state index contributed by atoms with van der Waals surface area (Å²) in [4.78, 5) is 13.9. The Kier molecular flexibility index (Phi) is 1.94. The molecule has 1 aliphatic carbocycles. The average Bonchev–Trinajstić information content (AvgIpc) is 2.83. The minimum Gasteiger partial charge on any atom is -0.408 e. The highest BCUT2D eigenvalue weighted by atomic mass is 16.4. The Morgan fingerprint density at radius 3 is 2.81 bits per heavy atom. The van der Waals surface area contributed by atoms with Crippen LogP contribution < -0.4 is 11.5 Å². The zero-order valence-corrected chi connectivity index (χ0v) is 8.95. The number of nitrogens with one attached hydrogen (secondary N) is 1. The zero-order chi connectivity index (χ0) is 11.2. The van der Waals surface area contributed by atoms with Gasteiger partial charge in [-0.05, 0) is 24.5 Å². The largest absolute Gasteiger partial charge is 0.417 e. The number of H-pyrrole nitrogens is 1. The predicted molar refractivity (Wildman–Crippen MR) is 61.2 cm³/mol. The van der Waals surface area contributed by atoms with Gasteiger partial charge in [-0.2, -0.15) is 0 Å². The molecule has 3 N–H and O–H groups in total. The average molecular weight is 218 g/mol. The number of aromatic nitrogens is 1. The third-order valence-corrected chi connectivity index (χ3v) is 3.49. The van der Waals surface area contributed by atoms with E-state index in [4.69, 9.17) is 10.2 Å². The Bertz CT molecular complexity index is 576. The van der Waals surface area contributed by atoms with Crippen molar-refractivity contribution < 1.29 is 4.42 Å². The van der Waals surface area contributed by atoms with Crippen molar-refractivity contribution >= 4 is 11.1 Å². The molecule has 0 saturated heterocycles. The first-order chi connectivity index (χ1) is 7.69. The quantitative estimate of drug-likeness (QED) is 0.767. The van der Waals surface area contributed by atoms with Crippen molar-refractivity contribution in [3.05, 3.63) is 34.3 Å². The number of hydrogen-bond donors (Lipinski definition) is 2. The monoisotopic (exact) mass is 218 g/mol. The third-order valence-electron chi connectivity index (χ3n) is 3.49. The molecular formula is C12H14N2O2. The second kappa shape index (κ2) is 3.22. The SMILES string of the molecule is NC1(c2cccc3oc(=O)[nH]c23)CCCC1. The molecule has 0 bridgehead atoms.